The molecule has 1 atom stereocenters. The van der Waals surface area contributed by atoms with Crippen molar-refractivity contribution < 1.29 is 8.42 Å². The third-order valence-electron chi connectivity index (χ3n) is 3.33. The van der Waals surface area contributed by atoms with E-state index < -0.39 is 9.84 Å². The van der Waals surface area contributed by atoms with Crippen LogP contribution in [-0.4, -0.2) is 56.0 Å². The minimum absolute atomic E-state index is 0.116. The maximum Gasteiger partial charge on any atom is 0.151 e. The predicted octanol–water partition coefficient (Wildman–Crippen LogP) is -0.143. The highest BCUT2D eigenvalue weighted by Crippen LogP contribution is 2.21. The molecule has 0 aromatic heterocycles. The molecule has 4 nitrogen and oxygen atoms in total. The van der Waals surface area contributed by atoms with Crippen molar-refractivity contribution in [2.45, 2.75) is 31.8 Å². The Kier molecular flexibility index (Phi) is 2.81. The summed E-state index contributed by atoms with van der Waals surface area (Å²) in [6.07, 6.45) is 0.818. The van der Waals surface area contributed by atoms with Gasteiger partial charge >= 0.3 is 0 Å². The molecule has 2 rings (SSSR count). The lowest BCUT2D eigenvalue weighted by molar-refractivity contribution is 0.119. The van der Waals surface area contributed by atoms with E-state index in [1.165, 1.54) is 0 Å². The standard InChI is InChI=1S/C10H20N2O2S/c1-10(2)8-12(5-4-11-10)9-3-6-15(13,14)7-9/h9,11H,3-8H2,1-2H3. The van der Waals surface area contributed by atoms with Crippen LogP contribution in [0.2, 0.25) is 0 Å². The minimum Gasteiger partial charge on any atom is -0.309 e. The first-order valence-corrected chi connectivity index (χ1v) is 7.40. The van der Waals surface area contributed by atoms with Crippen molar-refractivity contribution in [2.75, 3.05) is 31.1 Å². The van der Waals surface area contributed by atoms with Gasteiger partial charge in [-0.3, -0.25) is 4.90 Å². The fraction of sp³-hybridized carbons (Fsp3) is 1.00. The number of rotatable bonds is 1. The highest BCUT2D eigenvalue weighted by atomic mass is 32.2. The number of sulfone groups is 1. The third-order valence-corrected chi connectivity index (χ3v) is 5.08. The zero-order valence-electron chi connectivity index (χ0n) is 9.49. The molecule has 0 spiro atoms. The molecule has 0 radical (unpaired) electrons. The van der Waals surface area contributed by atoms with Gasteiger partial charge in [-0.05, 0) is 20.3 Å². The summed E-state index contributed by atoms with van der Waals surface area (Å²) < 4.78 is 22.8. The summed E-state index contributed by atoms with van der Waals surface area (Å²) in [4.78, 5) is 2.33. The topological polar surface area (TPSA) is 49.4 Å². The van der Waals surface area contributed by atoms with Gasteiger partial charge in [0.25, 0.3) is 0 Å². The van der Waals surface area contributed by atoms with Gasteiger partial charge in [-0.2, -0.15) is 0 Å². The maximum absolute atomic E-state index is 11.4. The molecule has 88 valence electrons. The lowest BCUT2D eigenvalue weighted by Gasteiger charge is -2.41. The molecule has 2 aliphatic heterocycles. The Bertz CT molecular complexity index is 337. The molecule has 1 unspecified atom stereocenters. The maximum atomic E-state index is 11.4. The van der Waals surface area contributed by atoms with E-state index in [1.54, 1.807) is 0 Å². The van der Waals surface area contributed by atoms with Crippen molar-refractivity contribution in [3.63, 3.8) is 0 Å². The zero-order valence-corrected chi connectivity index (χ0v) is 10.3. The molecule has 2 fully saturated rings. The Morgan fingerprint density at radius 3 is 2.67 bits per heavy atom. The molecule has 2 heterocycles. The van der Waals surface area contributed by atoms with Gasteiger partial charge in [-0.25, -0.2) is 8.42 Å². The smallest absolute Gasteiger partial charge is 0.151 e. The first kappa shape index (κ1) is 11.4. The molecule has 0 amide bonds. The number of nitrogens with zero attached hydrogens (tertiary/aromatic N) is 1. The summed E-state index contributed by atoms with van der Waals surface area (Å²) in [5.74, 6) is 0.741. The summed E-state index contributed by atoms with van der Waals surface area (Å²) in [5.41, 5.74) is 0.116. The normalized spacial score (nSPS) is 35.5. The van der Waals surface area contributed by atoms with Gasteiger partial charge in [0, 0.05) is 31.2 Å². The van der Waals surface area contributed by atoms with Crippen LogP contribution in [0.25, 0.3) is 0 Å². The highest BCUT2D eigenvalue weighted by molar-refractivity contribution is 7.91. The summed E-state index contributed by atoms with van der Waals surface area (Å²) >= 11 is 0. The molecule has 1 N–H and O–H groups in total. The van der Waals surface area contributed by atoms with Crippen LogP contribution in [0.15, 0.2) is 0 Å². The number of hydrogen-bond donors (Lipinski definition) is 1. The summed E-state index contributed by atoms with van der Waals surface area (Å²) in [7, 11) is -2.74. The van der Waals surface area contributed by atoms with Crippen molar-refractivity contribution in [1.82, 2.24) is 10.2 Å². The van der Waals surface area contributed by atoms with Crippen molar-refractivity contribution in [3.05, 3.63) is 0 Å². The Morgan fingerprint density at radius 1 is 1.40 bits per heavy atom. The average Bonchev–Trinajstić information content (AvgIpc) is 2.44. The van der Waals surface area contributed by atoms with E-state index in [9.17, 15) is 8.42 Å². The van der Waals surface area contributed by atoms with Crippen LogP contribution >= 0.6 is 0 Å². The van der Waals surface area contributed by atoms with Gasteiger partial charge in [0.15, 0.2) is 9.84 Å². The largest absolute Gasteiger partial charge is 0.309 e. The SMILES string of the molecule is CC1(C)CN(C2CCS(=O)(=O)C2)CCN1. The van der Waals surface area contributed by atoms with E-state index in [-0.39, 0.29) is 11.6 Å². The van der Waals surface area contributed by atoms with E-state index in [1.807, 2.05) is 0 Å². The van der Waals surface area contributed by atoms with E-state index in [0.717, 1.165) is 26.1 Å². The third kappa shape index (κ3) is 2.71. The molecule has 2 saturated heterocycles. The van der Waals surface area contributed by atoms with Gasteiger partial charge in [0.05, 0.1) is 11.5 Å². The summed E-state index contributed by atoms with van der Waals surface area (Å²) in [5, 5.41) is 3.44. The van der Waals surface area contributed by atoms with Gasteiger partial charge in [0.2, 0.25) is 0 Å². The minimum atomic E-state index is -2.74. The van der Waals surface area contributed by atoms with Crippen molar-refractivity contribution in [1.29, 1.82) is 0 Å². The molecule has 15 heavy (non-hydrogen) atoms. The highest BCUT2D eigenvalue weighted by Gasteiger charge is 2.36. The second kappa shape index (κ2) is 3.71. The van der Waals surface area contributed by atoms with Gasteiger partial charge in [-0.1, -0.05) is 0 Å². The number of nitrogens with one attached hydrogen (secondary N) is 1. The van der Waals surface area contributed by atoms with E-state index in [4.69, 9.17) is 0 Å². The van der Waals surface area contributed by atoms with Crippen LogP contribution in [0, 0.1) is 0 Å². The number of hydrogen-bond acceptors (Lipinski definition) is 4. The van der Waals surface area contributed by atoms with Crippen LogP contribution in [0.4, 0.5) is 0 Å². The fourth-order valence-corrected chi connectivity index (χ4v) is 4.32. The van der Waals surface area contributed by atoms with Gasteiger partial charge in [0.1, 0.15) is 0 Å². The first-order valence-electron chi connectivity index (χ1n) is 5.57. The molecular weight excluding hydrogens is 212 g/mol. The van der Waals surface area contributed by atoms with Gasteiger partial charge in [-0.15, -0.1) is 0 Å². The van der Waals surface area contributed by atoms with Crippen LogP contribution in [0.3, 0.4) is 0 Å². The number of piperazine rings is 1. The zero-order chi connectivity index (χ0) is 11.1. The molecule has 0 aromatic rings. The lowest BCUT2D eigenvalue weighted by Crippen LogP contribution is -2.59. The second-order valence-electron chi connectivity index (χ2n) is 5.34. The summed E-state index contributed by atoms with van der Waals surface area (Å²) in [6, 6.07) is 0.261. The quantitative estimate of drug-likeness (QED) is 0.683. The second-order valence-corrected chi connectivity index (χ2v) is 7.57. The monoisotopic (exact) mass is 232 g/mol. The molecule has 0 aliphatic carbocycles. The van der Waals surface area contributed by atoms with Crippen LogP contribution < -0.4 is 5.32 Å². The first-order chi connectivity index (χ1) is 6.88. The Hall–Kier alpha value is -0.130. The van der Waals surface area contributed by atoms with E-state index in [2.05, 4.69) is 24.1 Å². The summed E-state index contributed by atoms with van der Waals surface area (Å²) in [6.45, 7) is 7.23. The fourth-order valence-electron chi connectivity index (χ4n) is 2.56. The molecular formula is C10H20N2O2S. The molecule has 0 saturated carbocycles. The molecule has 0 aromatic carbocycles. The van der Waals surface area contributed by atoms with Crippen molar-refractivity contribution in [2.24, 2.45) is 0 Å². The Labute approximate surface area is 91.9 Å². The van der Waals surface area contributed by atoms with Crippen LogP contribution in [-0.2, 0) is 9.84 Å². The molecule has 0 bridgehead atoms. The van der Waals surface area contributed by atoms with E-state index in [0.29, 0.717) is 11.5 Å². The lowest BCUT2D eigenvalue weighted by atomic mass is 10.0. The van der Waals surface area contributed by atoms with Crippen molar-refractivity contribution in [3.8, 4) is 0 Å². The average molecular weight is 232 g/mol. The predicted molar refractivity (Wildman–Crippen MR) is 60.7 cm³/mol. The Balaban J connectivity index is 2.00. The van der Waals surface area contributed by atoms with E-state index >= 15 is 0 Å². The van der Waals surface area contributed by atoms with Crippen molar-refractivity contribution >= 4 is 9.84 Å². The van der Waals surface area contributed by atoms with Crippen LogP contribution in [0.5, 0.6) is 0 Å². The molecule has 5 heteroatoms. The van der Waals surface area contributed by atoms with Gasteiger partial charge < -0.3 is 5.32 Å². The molecule has 2 aliphatic rings. The Morgan fingerprint density at radius 2 is 2.13 bits per heavy atom. The van der Waals surface area contributed by atoms with Crippen LogP contribution in [0.1, 0.15) is 20.3 Å².